The quantitative estimate of drug-likeness (QED) is 0.606. The Morgan fingerprint density at radius 1 is 1.67 bits per heavy atom. The summed E-state index contributed by atoms with van der Waals surface area (Å²) < 4.78 is 0. The Balaban J connectivity index is 2.94. The van der Waals surface area contributed by atoms with Crippen LogP contribution in [0.4, 0.5) is 0 Å². The molecule has 0 fully saturated rings. The van der Waals surface area contributed by atoms with Crippen LogP contribution in [0.2, 0.25) is 0 Å². The summed E-state index contributed by atoms with van der Waals surface area (Å²) in [6, 6.07) is 3.43. The van der Waals surface area contributed by atoms with Crippen molar-refractivity contribution in [2.75, 3.05) is 0 Å². The van der Waals surface area contributed by atoms with E-state index in [1.165, 1.54) is 0 Å². The Hall–Kier alpha value is -1.05. The molecule has 1 radical (unpaired) electrons. The van der Waals surface area contributed by atoms with Crippen LogP contribution >= 0.6 is 0 Å². The van der Waals surface area contributed by atoms with E-state index in [4.69, 9.17) is 5.11 Å². The molecule has 0 bridgehead atoms. The van der Waals surface area contributed by atoms with Gasteiger partial charge in [-0.25, -0.2) is 4.98 Å². The summed E-state index contributed by atoms with van der Waals surface area (Å²) in [5.74, 6) is 0.0659. The lowest BCUT2D eigenvalue weighted by atomic mass is 10.2. The molecule has 2 heteroatoms. The third kappa shape index (κ3) is 1.42. The van der Waals surface area contributed by atoms with Gasteiger partial charge >= 0.3 is 0 Å². The molecule has 47 valence electrons. The van der Waals surface area contributed by atoms with Crippen LogP contribution in [0.1, 0.15) is 5.56 Å². The summed E-state index contributed by atoms with van der Waals surface area (Å²) in [5, 5.41) is 8.81. The molecular weight excluding hydrogens is 114 g/mol. The molecule has 0 spiro atoms. The van der Waals surface area contributed by atoms with Crippen LogP contribution < -0.4 is 0 Å². The summed E-state index contributed by atoms with van der Waals surface area (Å²) in [6.45, 7) is 3.66. The first-order chi connectivity index (χ1) is 4.33. The van der Waals surface area contributed by atoms with Crippen LogP contribution in [0.25, 0.3) is 0 Å². The second-order valence-corrected chi connectivity index (χ2v) is 1.77. The highest BCUT2D eigenvalue weighted by Crippen LogP contribution is 2.06. The minimum atomic E-state index is 0.0659. The van der Waals surface area contributed by atoms with Crippen molar-refractivity contribution < 1.29 is 5.11 Å². The van der Waals surface area contributed by atoms with Crippen LogP contribution in [0.5, 0.6) is 5.88 Å². The van der Waals surface area contributed by atoms with Crippen molar-refractivity contribution in [3.05, 3.63) is 30.8 Å². The van der Waals surface area contributed by atoms with Crippen LogP contribution in [-0.4, -0.2) is 10.1 Å². The number of nitrogens with zero attached hydrogens (tertiary/aromatic N) is 1. The van der Waals surface area contributed by atoms with Gasteiger partial charge in [0.2, 0.25) is 5.88 Å². The first-order valence-corrected chi connectivity index (χ1v) is 2.76. The van der Waals surface area contributed by atoms with Crippen molar-refractivity contribution in [1.29, 1.82) is 0 Å². The van der Waals surface area contributed by atoms with Crippen molar-refractivity contribution >= 4 is 0 Å². The van der Waals surface area contributed by atoms with Crippen LogP contribution in [0, 0.1) is 6.92 Å². The van der Waals surface area contributed by atoms with Crippen LogP contribution in [0.15, 0.2) is 18.3 Å². The number of aromatic hydroxyl groups is 1. The SMILES string of the molecule is [CH2]Cc1ccnc(O)c1. The van der Waals surface area contributed by atoms with Gasteiger partial charge in [-0.05, 0) is 25.0 Å². The molecule has 0 aromatic carbocycles. The van der Waals surface area contributed by atoms with E-state index in [1.807, 2.05) is 6.07 Å². The summed E-state index contributed by atoms with van der Waals surface area (Å²) in [4.78, 5) is 3.62. The van der Waals surface area contributed by atoms with Gasteiger partial charge in [-0.1, -0.05) is 0 Å². The highest BCUT2D eigenvalue weighted by atomic mass is 16.3. The van der Waals surface area contributed by atoms with E-state index in [9.17, 15) is 0 Å². The summed E-state index contributed by atoms with van der Waals surface area (Å²) in [5.41, 5.74) is 1.00. The van der Waals surface area contributed by atoms with Gasteiger partial charge in [0.15, 0.2) is 0 Å². The molecular formula is C7H8NO. The first kappa shape index (κ1) is 6.08. The average molecular weight is 122 g/mol. The maximum absolute atomic E-state index is 8.81. The van der Waals surface area contributed by atoms with Gasteiger partial charge in [0.25, 0.3) is 0 Å². The molecule has 0 aliphatic carbocycles. The van der Waals surface area contributed by atoms with E-state index < -0.39 is 0 Å². The van der Waals surface area contributed by atoms with Gasteiger partial charge in [-0.15, -0.1) is 0 Å². The maximum Gasteiger partial charge on any atom is 0.210 e. The molecule has 0 saturated heterocycles. The van der Waals surface area contributed by atoms with E-state index in [2.05, 4.69) is 11.9 Å². The third-order valence-electron chi connectivity index (χ3n) is 1.10. The predicted octanol–water partition coefficient (Wildman–Crippen LogP) is 1.16. The Morgan fingerprint density at radius 2 is 2.44 bits per heavy atom. The Kier molecular flexibility index (Phi) is 1.68. The molecule has 0 atom stereocenters. The van der Waals surface area contributed by atoms with Crippen molar-refractivity contribution in [3.63, 3.8) is 0 Å². The fourth-order valence-corrected chi connectivity index (χ4v) is 0.616. The van der Waals surface area contributed by atoms with E-state index in [-0.39, 0.29) is 5.88 Å². The molecule has 1 rings (SSSR count). The van der Waals surface area contributed by atoms with Crippen LogP contribution in [0.3, 0.4) is 0 Å². The number of aromatic nitrogens is 1. The standard InChI is InChI=1S/C7H8NO/c1-2-6-3-4-8-7(9)5-6/h3-5H,1-2H2,(H,8,9). The van der Waals surface area contributed by atoms with Crippen molar-refractivity contribution in [1.82, 2.24) is 4.98 Å². The smallest absolute Gasteiger partial charge is 0.210 e. The summed E-state index contributed by atoms with van der Waals surface area (Å²) in [6.07, 6.45) is 2.26. The zero-order valence-electron chi connectivity index (χ0n) is 5.04. The molecule has 0 aliphatic heterocycles. The third-order valence-corrected chi connectivity index (χ3v) is 1.10. The lowest BCUT2D eigenvalue weighted by Gasteiger charge is -1.93. The summed E-state index contributed by atoms with van der Waals surface area (Å²) >= 11 is 0. The molecule has 0 unspecified atom stereocenters. The molecule has 2 nitrogen and oxygen atoms in total. The fraction of sp³-hybridized carbons (Fsp3) is 0.143. The number of pyridine rings is 1. The Morgan fingerprint density at radius 3 is 2.89 bits per heavy atom. The lowest BCUT2D eigenvalue weighted by molar-refractivity contribution is 0.453. The number of hydrogen-bond donors (Lipinski definition) is 1. The van der Waals surface area contributed by atoms with E-state index in [0.717, 1.165) is 5.56 Å². The minimum Gasteiger partial charge on any atom is -0.493 e. The lowest BCUT2D eigenvalue weighted by Crippen LogP contribution is -1.79. The predicted molar refractivity (Wildman–Crippen MR) is 35.0 cm³/mol. The number of hydrogen-bond acceptors (Lipinski definition) is 2. The van der Waals surface area contributed by atoms with Gasteiger partial charge in [0, 0.05) is 12.3 Å². The molecule has 1 heterocycles. The first-order valence-electron chi connectivity index (χ1n) is 2.76. The molecule has 1 N–H and O–H groups in total. The fourth-order valence-electron chi connectivity index (χ4n) is 0.616. The largest absolute Gasteiger partial charge is 0.493 e. The Bertz CT molecular complexity index is 198. The van der Waals surface area contributed by atoms with Gasteiger partial charge < -0.3 is 5.11 Å². The topological polar surface area (TPSA) is 33.1 Å². The zero-order valence-corrected chi connectivity index (χ0v) is 5.04. The number of rotatable bonds is 1. The van der Waals surface area contributed by atoms with Crippen LogP contribution in [-0.2, 0) is 6.42 Å². The monoisotopic (exact) mass is 122 g/mol. The summed E-state index contributed by atoms with van der Waals surface area (Å²) in [7, 11) is 0. The molecule has 0 aliphatic rings. The molecule has 1 aromatic rings. The van der Waals surface area contributed by atoms with Gasteiger partial charge in [0.1, 0.15) is 0 Å². The highest BCUT2D eigenvalue weighted by Gasteiger charge is 1.89. The second kappa shape index (κ2) is 2.49. The minimum absolute atomic E-state index is 0.0659. The molecule has 1 aromatic heterocycles. The maximum atomic E-state index is 8.81. The van der Waals surface area contributed by atoms with Crippen molar-refractivity contribution in [3.8, 4) is 5.88 Å². The van der Waals surface area contributed by atoms with Gasteiger partial charge in [-0.2, -0.15) is 0 Å². The molecule has 9 heavy (non-hydrogen) atoms. The van der Waals surface area contributed by atoms with E-state index in [0.29, 0.717) is 6.42 Å². The van der Waals surface area contributed by atoms with Crippen molar-refractivity contribution in [2.24, 2.45) is 0 Å². The highest BCUT2D eigenvalue weighted by molar-refractivity contribution is 5.19. The van der Waals surface area contributed by atoms with Crippen molar-refractivity contribution in [2.45, 2.75) is 6.42 Å². The average Bonchev–Trinajstić information content (AvgIpc) is 1.88. The molecule has 0 saturated carbocycles. The molecule has 0 amide bonds. The normalized spacial score (nSPS) is 9.44. The Labute approximate surface area is 54.2 Å². The van der Waals surface area contributed by atoms with Gasteiger partial charge in [0.05, 0.1) is 0 Å². The van der Waals surface area contributed by atoms with E-state index in [1.54, 1.807) is 12.3 Å². The zero-order chi connectivity index (χ0) is 6.69. The van der Waals surface area contributed by atoms with E-state index >= 15 is 0 Å². The second-order valence-electron chi connectivity index (χ2n) is 1.77. The van der Waals surface area contributed by atoms with Gasteiger partial charge in [-0.3, -0.25) is 0 Å².